The topological polar surface area (TPSA) is 129 Å². The van der Waals surface area contributed by atoms with Crippen LogP contribution in [-0.2, 0) is 9.59 Å². The van der Waals surface area contributed by atoms with Crippen molar-refractivity contribution in [3.63, 3.8) is 0 Å². The van der Waals surface area contributed by atoms with Gasteiger partial charge < -0.3 is 15.3 Å². The molecular weight excluding hydrogens is 456 g/mol. The van der Waals surface area contributed by atoms with Gasteiger partial charge in [-0.1, -0.05) is 56.0 Å². The van der Waals surface area contributed by atoms with Crippen molar-refractivity contribution in [1.82, 2.24) is 0 Å². The summed E-state index contributed by atoms with van der Waals surface area (Å²) in [6.07, 6.45) is 0.949. The number of rotatable bonds is 0. The molecule has 0 bridgehead atoms. The highest BCUT2D eigenvalue weighted by Crippen LogP contribution is 2.30. The molecule has 4 rings (SSSR count). The number of hydrogen-bond donors (Lipinski definition) is 3. The molecule has 0 fully saturated rings. The van der Waals surface area contributed by atoms with Crippen molar-refractivity contribution in [1.29, 1.82) is 0 Å². The standard InChI is InChI=1S/C10H5BrO3.C10H6O3.CH4O.CH4/c11-7-8(12)5-3-1-2-4-6(5)9(13)10(7)14;11-8-5-9(12)10(13)7-4-2-1-3-6(7)8;1-2;/h1-4,12H;1-5,11H;2H,1H3;1H4. The lowest BCUT2D eigenvalue weighted by Gasteiger charge is -2.13. The Balaban J connectivity index is 0.000000270. The van der Waals surface area contributed by atoms with Crippen molar-refractivity contribution in [3.8, 4) is 0 Å². The molecule has 2 aromatic rings. The maximum Gasteiger partial charge on any atom is 0.244 e. The van der Waals surface area contributed by atoms with Crippen LogP contribution in [0.3, 0.4) is 0 Å². The van der Waals surface area contributed by atoms with Crippen molar-refractivity contribution >= 4 is 50.6 Å². The van der Waals surface area contributed by atoms with Crippen LogP contribution in [0.4, 0.5) is 0 Å². The number of benzene rings is 2. The fourth-order valence-electron chi connectivity index (χ4n) is 2.64. The minimum absolute atomic E-state index is 0. The van der Waals surface area contributed by atoms with Gasteiger partial charge in [0.2, 0.25) is 23.1 Å². The third-order valence-corrected chi connectivity index (χ3v) is 4.72. The summed E-state index contributed by atoms with van der Waals surface area (Å²) in [6, 6.07) is 12.9. The molecule has 0 saturated carbocycles. The molecule has 0 unspecified atom stereocenters. The fourth-order valence-corrected chi connectivity index (χ4v) is 3.03. The molecule has 0 spiro atoms. The zero-order valence-corrected chi connectivity index (χ0v) is 16.6. The van der Waals surface area contributed by atoms with Crippen molar-refractivity contribution in [2.75, 3.05) is 7.11 Å². The molecule has 8 heteroatoms. The first-order valence-corrected chi connectivity index (χ1v) is 8.92. The van der Waals surface area contributed by atoms with Gasteiger partial charge in [-0.2, -0.15) is 0 Å². The van der Waals surface area contributed by atoms with E-state index >= 15 is 0 Å². The normalized spacial score (nSPS) is 14.2. The third kappa shape index (κ3) is 4.61. The van der Waals surface area contributed by atoms with E-state index in [0.717, 1.165) is 13.2 Å². The van der Waals surface area contributed by atoms with Crippen molar-refractivity contribution in [3.05, 3.63) is 81.3 Å². The van der Waals surface area contributed by atoms with Crippen LogP contribution >= 0.6 is 15.9 Å². The van der Waals surface area contributed by atoms with Crippen molar-refractivity contribution < 1.29 is 34.5 Å². The van der Waals surface area contributed by atoms with Gasteiger partial charge in [-0.3, -0.25) is 19.2 Å². The molecule has 30 heavy (non-hydrogen) atoms. The summed E-state index contributed by atoms with van der Waals surface area (Å²) in [6.45, 7) is 0. The second kappa shape index (κ2) is 10.4. The van der Waals surface area contributed by atoms with Crippen LogP contribution in [-0.4, -0.2) is 45.6 Å². The number of carbonyl (C=O) groups is 4. The SMILES string of the molecule is C.CO.O=C1C(=O)c2ccccc2C(O)=C1Br.O=C1C=C(O)c2ccccc2C1=O. The molecule has 2 aliphatic carbocycles. The van der Waals surface area contributed by atoms with E-state index in [-0.39, 0.29) is 34.6 Å². The van der Waals surface area contributed by atoms with Crippen LogP contribution in [0.15, 0.2) is 59.1 Å². The number of aliphatic hydroxyl groups is 3. The highest BCUT2D eigenvalue weighted by atomic mass is 79.9. The average molecular weight is 475 g/mol. The molecule has 0 aliphatic heterocycles. The average Bonchev–Trinajstić information content (AvgIpc) is 2.76. The molecule has 2 aliphatic rings. The molecule has 0 saturated heterocycles. The van der Waals surface area contributed by atoms with E-state index in [0.29, 0.717) is 11.1 Å². The Hall–Kier alpha value is -3.36. The Bertz CT molecular complexity index is 1080. The van der Waals surface area contributed by atoms with Gasteiger partial charge in [0, 0.05) is 35.4 Å². The summed E-state index contributed by atoms with van der Waals surface area (Å²) < 4.78 is -0.0683. The van der Waals surface area contributed by atoms with Gasteiger partial charge in [-0.25, -0.2) is 0 Å². The van der Waals surface area contributed by atoms with E-state index in [1.54, 1.807) is 36.4 Å². The monoisotopic (exact) mass is 474 g/mol. The number of aliphatic hydroxyl groups excluding tert-OH is 3. The molecule has 7 nitrogen and oxygen atoms in total. The molecule has 3 N–H and O–H groups in total. The Kier molecular flexibility index (Phi) is 8.58. The van der Waals surface area contributed by atoms with E-state index < -0.39 is 23.1 Å². The lowest BCUT2D eigenvalue weighted by molar-refractivity contribution is -0.111. The van der Waals surface area contributed by atoms with Crippen LogP contribution in [0.5, 0.6) is 0 Å². The maximum atomic E-state index is 11.4. The summed E-state index contributed by atoms with van der Waals surface area (Å²) in [7, 11) is 1.00. The number of halogens is 1. The van der Waals surface area contributed by atoms with Gasteiger partial charge in [-0.05, 0) is 15.9 Å². The summed E-state index contributed by atoms with van der Waals surface area (Å²) in [5.74, 6) is -2.85. The lowest BCUT2D eigenvalue weighted by atomic mass is 9.94. The zero-order chi connectivity index (χ0) is 21.7. The first-order valence-electron chi connectivity index (χ1n) is 8.13. The van der Waals surface area contributed by atoms with E-state index in [4.69, 9.17) is 5.11 Å². The molecular formula is C22H19BrO7. The highest BCUT2D eigenvalue weighted by Gasteiger charge is 2.31. The van der Waals surface area contributed by atoms with Gasteiger partial charge in [0.25, 0.3) is 0 Å². The molecule has 0 aromatic heterocycles. The van der Waals surface area contributed by atoms with Crippen LogP contribution in [0.2, 0.25) is 0 Å². The van der Waals surface area contributed by atoms with Crippen molar-refractivity contribution in [2.24, 2.45) is 0 Å². The Labute approximate surface area is 181 Å². The molecule has 0 atom stereocenters. The van der Waals surface area contributed by atoms with E-state index in [1.807, 2.05) is 0 Å². The fraction of sp³-hybridized carbons (Fsp3) is 0.0909. The zero-order valence-electron chi connectivity index (χ0n) is 15.0. The number of Topliss-reactive ketones (excluding diaryl/α,β-unsaturated/α-hetero) is 3. The summed E-state index contributed by atoms with van der Waals surface area (Å²) in [4.78, 5) is 45.0. The lowest BCUT2D eigenvalue weighted by Crippen LogP contribution is -2.21. The molecule has 2 aromatic carbocycles. The largest absolute Gasteiger partial charge is 0.507 e. The van der Waals surface area contributed by atoms with Gasteiger partial charge in [-0.15, -0.1) is 0 Å². The summed E-state index contributed by atoms with van der Waals surface area (Å²) in [5, 5.41) is 25.9. The summed E-state index contributed by atoms with van der Waals surface area (Å²) >= 11 is 2.89. The van der Waals surface area contributed by atoms with Crippen molar-refractivity contribution in [2.45, 2.75) is 7.43 Å². The smallest absolute Gasteiger partial charge is 0.244 e. The summed E-state index contributed by atoms with van der Waals surface area (Å²) in [5.41, 5.74) is 1.33. The highest BCUT2D eigenvalue weighted by molar-refractivity contribution is 9.12. The second-order valence-electron chi connectivity index (χ2n) is 5.63. The predicted molar refractivity (Wildman–Crippen MR) is 116 cm³/mol. The number of fused-ring (bicyclic) bond motifs is 2. The van der Waals surface area contributed by atoms with E-state index in [1.165, 1.54) is 12.1 Å². The minimum Gasteiger partial charge on any atom is -0.507 e. The number of allylic oxidation sites excluding steroid dienone is 2. The molecule has 0 radical (unpaired) electrons. The van der Waals surface area contributed by atoms with Gasteiger partial charge >= 0.3 is 0 Å². The number of hydrogen-bond acceptors (Lipinski definition) is 7. The number of ketones is 4. The minimum atomic E-state index is -0.707. The Morgan fingerprint density at radius 3 is 1.63 bits per heavy atom. The Morgan fingerprint density at radius 1 is 0.667 bits per heavy atom. The first kappa shape index (κ1) is 24.7. The molecule has 156 valence electrons. The van der Waals surface area contributed by atoms with E-state index in [2.05, 4.69) is 15.9 Å². The van der Waals surface area contributed by atoms with E-state index in [9.17, 15) is 29.4 Å². The van der Waals surface area contributed by atoms with Crippen LogP contribution in [0.25, 0.3) is 11.5 Å². The quantitative estimate of drug-likeness (QED) is 0.496. The third-order valence-electron chi connectivity index (χ3n) is 3.98. The van der Waals surface area contributed by atoms with Gasteiger partial charge in [0.05, 0.1) is 0 Å². The second-order valence-corrected chi connectivity index (χ2v) is 6.43. The predicted octanol–water partition coefficient (Wildman–Crippen LogP) is 3.67. The molecule has 0 heterocycles. The van der Waals surface area contributed by atoms with Crippen LogP contribution in [0.1, 0.15) is 39.3 Å². The number of carbonyl (C=O) groups excluding carboxylic acids is 4. The molecule has 0 amide bonds. The van der Waals surface area contributed by atoms with Crippen LogP contribution in [0, 0.1) is 0 Å². The van der Waals surface area contributed by atoms with Gasteiger partial charge in [0.15, 0.2) is 0 Å². The maximum absolute atomic E-state index is 11.4. The van der Waals surface area contributed by atoms with Crippen LogP contribution < -0.4 is 0 Å². The Morgan fingerprint density at radius 2 is 1.10 bits per heavy atom. The van der Waals surface area contributed by atoms with Gasteiger partial charge in [0.1, 0.15) is 16.0 Å². The first-order chi connectivity index (χ1) is 13.8.